The predicted molar refractivity (Wildman–Crippen MR) is 128 cm³/mol. The van der Waals surface area contributed by atoms with Gasteiger partial charge in [0.2, 0.25) is 0 Å². The molecule has 1 saturated heterocycles. The third-order valence-electron chi connectivity index (χ3n) is 5.70. The lowest BCUT2D eigenvalue weighted by Crippen LogP contribution is -2.44. The van der Waals surface area contributed by atoms with Crippen LogP contribution < -0.4 is 4.74 Å². The topological polar surface area (TPSA) is 65.4 Å². The standard InChI is InChI=1S/C25H35N3O3/c1-6-27(7-2)22-10-13-28(14-11-22)20(4)16-19(3)18-26-23(12-15-29)21-8-9-25(31-5)24(30)17-21/h8-9,12,15-18,22,30H,4,6-7,10-11,13-14H2,1-3,5H3/b19-16-,23-12-,26-18-. The molecule has 1 fully saturated rings. The van der Waals surface area contributed by atoms with Crippen LogP contribution in [0.15, 0.2) is 53.2 Å². The van der Waals surface area contributed by atoms with Gasteiger partial charge < -0.3 is 19.6 Å². The highest BCUT2D eigenvalue weighted by molar-refractivity contribution is 5.89. The second-order valence-corrected chi connectivity index (χ2v) is 7.65. The van der Waals surface area contributed by atoms with E-state index in [-0.39, 0.29) is 5.75 Å². The third-order valence-corrected chi connectivity index (χ3v) is 5.70. The lowest BCUT2D eigenvalue weighted by Gasteiger charge is -2.39. The van der Waals surface area contributed by atoms with Gasteiger partial charge in [-0.05, 0) is 62.7 Å². The van der Waals surface area contributed by atoms with Crippen molar-refractivity contribution in [3.05, 3.63) is 53.8 Å². The fourth-order valence-electron chi connectivity index (χ4n) is 3.95. The van der Waals surface area contributed by atoms with E-state index >= 15 is 0 Å². The Morgan fingerprint density at radius 3 is 2.55 bits per heavy atom. The van der Waals surface area contributed by atoms with E-state index in [1.165, 1.54) is 19.3 Å². The molecule has 0 aliphatic carbocycles. The Hall–Kier alpha value is -2.86. The summed E-state index contributed by atoms with van der Waals surface area (Å²) in [5, 5.41) is 10.0. The zero-order valence-corrected chi connectivity index (χ0v) is 19.2. The van der Waals surface area contributed by atoms with Crippen molar-refractivity contribution < 1.29 is 14.6 Å². The molecule has 1 aromatic carbocycles. The van der Waals surface area contributed by atoms with Gasteiger partial charge in [-0.2, -0.15) is 0 Å². The number of ether oxygens (including phenoxy) is 1. The van der Waals surface area contributed by atoms with Crippen LogP contribution in [0.5, 0.6) is 11.5 Å². The zero-order valence-electron chi connectivity index (χ0n) is 19.2. The zero-order chi connectivity index (χ0) is 22.8. The van der Waals surface area contributed by atoms with Crippen LogP contribution in [-0.2, 0) is 4.79 Å². The summed E-state index contributed by atoms with van der Waals surface area (Å²) in [7, 11) is 1.49. The highest BCUT2D eigenvalue weighted by atomic mass is 16.5. The number of phenols is 1. The minimum atomic E-state index is 0.000699. The maximum atomic E-state index is 11.1. The van der Waals surface area contributed by atoms with E-state index in [0.717, 1.165) is 50.3 Å². The number of carbonyl (C=O) groups is 1. The molecule has 0 spiro atoms. The first-order valence-electron chi connectivity index (χ1n) is 10.9. The van der Waals surface area contributed by atoms with Gasteiger partial charge >= 0.3 is 0 Å². The molecule has 31 heavy (non-hydrogen) atoms. The average molecular weight is 426 g/mol. The predicted octanol–water partition coefficient (Wildman–Crippen LogP) is 4.28. The smallest absolute Gasteiger partial charge is 0.160 e. The number of aldehydes is 1. The molecule has 0 saturated carbocycles. The van der Waals surface area contributed by atoms with E-state index in [2.05, 4.69) is 35.2 Å². The van der Waals surface area contributed by atoms with Crippen LogP contribution in [0.1, 0.15) is 39.2 Å². The maximum absolute atomic E-state index is 11.1. The van der Waals surface area contributed by atoms with E-state index in [9.17, 15) is 9.90 Å². The number of aliphatic imine (C=N–C) groups is 1. The number of aromatic hydroxyl groups is 1. The van der Waals surface area contributed by atoms with Gasteiger partial charge in [-0.15, -0.1) is 0 Å². The van der Waals surface area contributed by atoms with Crippen LogP contribution in [0.3, 0.4) is 0 Å². The normalized spacial score (nSPS) is 16.2. The molecule has 0 atom stereocenters. The SMILES string of the molecule is C=C(\C=C(C)/C=N\C(=C/C=O)c1ccc(OC)c(O)c1)N1CCC(N(CC)CC)CC1. The van der Waals surface area contributed by atoms with Gasteiger partial charge in [0.25, 0.3) is 0 Å². The molecular weight excluding hydrogens is 390 g/mol. The van der Waals surface area contributed by atoms with Crippen molar-refractivity contribution in [2.45, 2.75) is 39.7 Å². The number of hydrogen-bond acceptors (Lipinski definition) is 6. The molecule has 1 aliphatic heterocycles. The fourth-order valence-corrected chi connectivity index (χ4v) is 3.95. The number of likely N-dealkylation sites (tertiary alicyclic amines) is 1. The molecular formula is C25H35N3O3. The molecule has 1 N–H and O–H groups in total. The summed E-state index contributed by atoms with van der Waals surface area (Å²) in [6.45, 7) is 14.8. The van der Waals surface area contributed by atoms with Gasteiger partial charge in [-0.1, -0.05) is 20.4 Å². The number of benzene rings is 1. The number of allylic oxidation sites excluding steroid dienone is 3. The number of phenolic OH excluding ortho intramolecular Hbond substituents is 1. The molecule has 0 unspecified atom stereocenters. The Morgan fingerprint density at radius 1 is 1.32 bits per heavy atom. The Kier molecular flexibility index (Phi) is 9.53. The lowest BCUT2D eigenvalue weighted by atomic mass is 10.0. The van der Waals surface area contributed by atoms with Gasteiger partial charge in [0, 0.05) is 42.7 Å². The monoisotopic (exact) mass is 425 g/mol. The molecule has 0 radical (unpaired) electrons. The van der Waals surface area contributed by atoms with Crippen LogP contribution >= 0.6 is 0 Å². The van der Waals surface area contributed by atoms with Crippen molar-refractivity contribution in [1.29, 1.82) is 0 Å². The van der Waals surface area contributed by atoms with Crippen molar-refractivity contribution in [3.63, 3.8) is 0 Å². The molecule has 168 valence electrons. The number of nitrogens with zero attached hydrogens (tertiary/aromatic N) is 3. The first-order chi connectivity index (χ1) is 14.9. The summed E-state index contributed by atoms with van der Waals surface area (Å²) in [4.78, 5) is 20.4. The van der Waals surface area contributed by atoms with E-state index in [1.807, 2.05) is 13.0 Å². The quantitative estimate of drug-likeness (QED) is 0.262. The van der Waals surface area contributed by atoms with E-state index in [4.69, 9.17) is 4.74 Å². The number of rotatable bonds is 10. The maximum Gasteiger partial charge on any atom is 0.160 e. The Labute approximate surface area is 186 Å². The molecule has 6 heteroatoms. The van der Waals surface area contributed by atoms with Gasteiger partial charge in [0.1, 0.15) is 6.29 Å². The molecule has 0 amide bonds. The molecule has 0 bridgehead atoms. The molecule has 1 heterocycles. The number of carbonyl (C=O) groups excluding carboxylic acids is 1. The Bertz CT molecular complexity index is 846. The van der Waals surface area contributed by atoms with E-state index in [1.54, 1.807) is 18.3 Å². The number of hydrogen-bond donors (Lipinski definition) is 1. The summed E-state index contributed by atoms with van der Waals surface area (Å²) < 4.78 is 5.07. The van der Waals surface area contributed by atoms with Gasteiger partial charge in [-0.3, -0.25) is 9.79 Å². The summed E-state index contributed by atoms with van der Waals surface area (Å²) in [5.41, 5.74) is 3.01. The van der Waals surface area contributed by atoms with Crippen LogP contribution in [0.25, 0.3) is 5.70 Å². The van der Waals surface area contributed by atoms with Crippen molar-refractivity contribution in [2.24, 2.45) is 4.99 Å². The third kappa shape index (κ3) is 6.82. The van der Waals surface area contributed by atoms with Gasteiger partial charge in [0.15, 0.2) is 11.5 Å². The van der Waals surface area contributed by atoms with Crippen LogP contribution in [0.4, 0.5) is 0 Å². The molecule has 0 aromatic heterocycles. The highest BCUT2D eigenvalue weighted by Crippen LogP contribution is 2.29. The first-order valence-corrected chi connectivity index (χ1v) is 10.9. The summed E-state index contributed by atoms with van der Waals surface area (Å²) >= 11 is 0. The molecule has 6 nitrogen and oxygen atoms in total. The minimum absolute atomic E-state index is 0.000699. The van der Waals surface area contributed by atoms with Crippen molar-refractivity contribution >= 4 is 18.2 Å². The molecule has 2 rings (SSSR count). The second-order valence-electron chi connectivity index (χ2n) is 7.65. The van der Waals surface area contributed by atoms with Crippen LogP contribution in [0, 0.1) is 0 Å². The lowest BCUT2D eigenvalue weighted by molar-refractivity contribution is -0.104. The number of methoxy groups -OCH3 is 1. The van der Waals surface area contributed by atoms with Crippen molar-refractivity contribution in [3.8, 4) is 11.5 Å². The van der Waals surface area contributed by atoms with Crippen LogP contribution in [0.2, 0.25) is 0 Å². The highest BCUT2D eigenvalue weighted by Gasteiger charge is 2.22. The largest absolute Gasteiger partial charge is 0.504 e. The van der Waals surface area contributed by atoms with E-state index in [0.29, 0.717) is 29.3 Å². The molecule has 1 aliphatic rings. The minimum Gasteiger partial charge on any atom is -0.504 e. The summed E-state index contributed by atoms with van der Waals surface area (Å²) in [5.74, 6) is 0.371. The van der Waals surface area contributed by atoms with Crippen molar-refractivity contribution in [2.75, 3.05) is 33.3 Å². The van der Waals surface area contributed by atoms with Crippen molar-refractivity contribution in [1.82, 2.24) is 9.80 Å². The van der Waals surface area contributed by atoms with E-state index < -0.39 is 0 Å². The average Bonchev–Trinajstić information content (AvgIpc) is 2.77. The summed E-state index contributed by atoms with van der Waals surface area (Å²) in [6.07, 6.45) is 8.09. The number of piperidine rings is 1. The Morgan fingerprint density at radius 2 is 2.00 bits per heavy atom. The first kappa shape index (κ1) is 24.4. The second kappa shape index (κ2) is 12.1. The van der Waals surface area contributed by atoms with Crippen LogP contribution in [-0.4, -0.2) is 66.7 Å². The Balaban J connectivity index is 2.04. The summed E-state index contributed by atoms with van der Waals surface area (Å²) in [6, 6.07) is 5.58. The van der Waals surface area contributed by atoms with Gasteiger partial charge in [-0.25, -0.2) is 0 Å². The van der Waals surface area contributed by atoms with Gasteiger partial charge in [0.05, 0.1) is 12.8 Å². The molecule has 1 aromatic rings. The fraction of sp³-hybridized carbons (Fsp3) is 0.440.